The number of nitrogen functional groups attached to an aromatic ring is 1. The summed E-state index contributed by atoms with van der Waals surface area (Å²) in [6, 6.07) is 11.6. The van der Waals surface area contributed by atoms with Crippen molar-refractivity contribution in [2.24, 2.45) is 5.92 Å². The fourth-order valence-corrected chi connectivity index (χ4v) is 3.62. The maximum absolute atomic E-state index is 13.3. The highest BCUT2D eigenvalue weighted by Crippen LogP contribution is 2.20. The normalized spacial score (nSPS) is 11.1. The SMILES string of the molecule is CCCCn1c(N)c(N(CC(C)C)C(=O)Cc2ccc(-n3cccc3)cc2)c(=O)[nH]c1=O. The number of hydrogen-bond donors (Lipinski definition) is 2. The van der Waals surface area contributed by atoms with Gasteiger partial charge < -0.3 is 15.2 Å². The molecule has 0 saturated heterocycles. The molecule has 3 aromatic rings. The zero-order valence-electron chi connectivity index (χ0n) is 18.9. The van der Waals surface area contributed by atoms with E-state index in [0.717, 1.165) is 24.1 Å². The Morgan fingerprint density at radius 1 is 1.12 bits per heavy atom. The number of H-pyrrole nitrogens is 1. The van der Waals surface area contributed by atoms with Crippen LogP contribution in [0.1, 0.15) is 39.2 Å². The molecule has 2 aromatic heterocycles. The number of benzene rings is 1. The summed E-state index contributed by atoms with van der Waals surface area (Å²) in [5.74, 6) is -0.112. The fourth-order valence-electron chi connectivity index (χ4n) is 3.62. The fraction of sp³-hybridized carbons (Fsp3) is 0.375. The number of nitrogens with zero attached hydrogens (tertiary/aromatic N) is 3. The van der Waals surface area contributed by atoms with Gasteiger partial charge in [0.2, 0.25) is 5.91 Å². The summed E-state index contributed by atoms with van der Waals surface area (Å²) in [7, 11) is 0. The first-order valence-corrected chi connectivity index (χ1v) is 11.0. The number of aromatic nitrogens is 3. The van der Waals surface area contributed by atoms with Crippen molar-refractivity contribution in [2.75, 3.05) is 17.2 Å². The van der Waals surface area contributed by atoms with Crippen molar-refractivity contribution in [2.45, 2.75) is 46.6 Å². The second kappa shape index (κ2) is 10.2. The Balaban J connectivity index is 1.92. The molecule has 0 bridgehead atoms. The lowest BCUT2D eigenvalue weighted by Crippen LogP contribution is -2.43. The van der Waals surface area contributed by atoms with Crippen LogP contribution in [0.5, 0.6) is 0 Å². The molecular weight excluding hydrogens is 406 g/mol. The summed E-state index contributed by atoms with van der Waals surface area (Å²) < 4.78 is 3.32. The van der Waals surface area contributed by atoms with E-state index in [2.05, 4.69) is 4.98 Å². The Kier molecular flexibility index (Phi) is 7.35. The molecule has 0 aliphatic rings. The van der Waals surface area contributed by atoms with Crippen LogP contribution in [-0.4, -0.2) is 26.6 Å². The number of rotatable bonds is 9. The van der Waals surface area contributed by atoms with Gasteiger partial charge in [0.05, 0.1) is 6.42 Å². The minimum absolute atomic E-state index is 0.0316. The third-order valence-corrected chi connectivity index (χ3v) is 5.26. The molecule has 0 radical (unpaired) electrons. The summed E-state index contributed by atoms with van der Waals surface area (Å²) in [4.78, 5) is 42.0. The van der Waals surface area contributed by atoms with Crippen molar-refractivity contribution in [3.05, 3.63) is 75.2 Å². The van der Waals surface area contributed by atoms with E-state index in [-0.39, 0.29) is 29.8 Å². The lowest BCUT2D eigenvalue weighted by atomic mass is 10.1. The predicted octanol–water partition coefficient (Wildman–Crippen LogP) is 2.94. The first-order valence-electron chi connectivity index (χ1n) is 11.0. The Morgan fingerprint density at radius 3 is 2.38 bits per heavy atom. The van der Waals surface area contributed by atoms with Crippen LogP contribution in [-0.2, 0) is 17.8 Å². The average Bonchev–Trinajstić information content (AvgIpc) is 3.28. The van der Waals surface area contributed by atoms with Crippen molar-refractivity contribution in [3.8, 4) is 5.69 Å². The van der Waals surface area contributed by atoms with Gasteiger partial charge in [0.25, 0.3) is 5.56 Å². The maximum Gasteiger partial charge on any atom is 0.330 e. The average molecular weight is 438 g/mol. The number of nitrogens with two attached hydrogens (primary N) is 1. The van der Waals surface area contributed by atoms with E-state index < -0.39 is 11.2 Å². The van der Waals surface area contributed by atoms with Gasteiger partial charge in [0.1, 0.15) is 5.82 Å². The van der Waals surface area contributed by atoms with Gasteiger partial charge in [-0.25, -0.2) is 4.79 Å². The number of amides is 1. The Morgan fingerprint density at radius 2 is 1.78 bits per heavy atom. The first-order chi connectivity index (χ1) is 15.3. The minimum atomic E-state index is -0.641. The molecule has 170 valence electrons. The molecule has 0 aliphatic carbocycles. The Hall–Kier alpha value is -3.55. The molecule has 8 nitrogen and oxygen atoms in total. The maximum atomic E-state index is 13.3. The summed E-state index contributed by atoms with van der Waals surface area (Å²) in [6.45, 7) is 6.63. The molecule has 3 N–H and O–H groups in total. The number of unbranched alkanes of at least 4 members (excludes halogenated alkanes) is 1. The van der Waals surface area contributed by atoms with E-state index in [1.54, 1.807) is 0 Å². The minimum Gasteiger partial charge on any atom is -0.383 e. The largest absolute Gasteiger partial charge is 0.383 e. The lowest BCUT2D eigenvalue weighted by Gasteiger charge is -2.26. The van der Waals surface area contributed by atoms with Crippen LogP contribution < -0.4 is 21.9 Å². The highest BCUT2D eigenvalue weighted by Gasteiger charge is 2.25. The molecule has 32 heavy (non-hydrogen) atoms. The molecule has 8 heteroatoms. The Labute approximate surface area is 187 Å². The zero-order valence-corrected chi connectivity index (χ0v) is 18.9. The van der Waals surface area contributed by atoms with E-state index in [9.17, 15) is 14.4 Å². The van der Waals surface area contributed by atoms with E-state index >= 15 is 0 Å². The summed E-state index contributed by atoms with van der Waals surface area (Å²) in [5, 5.41) is 0. The lowest BCUT2D eigenvalue weighted by molar-refractivity contribution is -0.118. The van der Waals surface area contributed by atoms with Crippen molar-refractivity contribution < 1.29 is 4.79 Å². The van der Waals surface area contributed by atoms with Gasteiger partial charge in [-0.3, -0.25) is 19.1 Å². The molecule has 0 unspecified atom stereocenters. The molecule has 3 rings (SSSR count). The highest BCUT2D eigenvalue weighted by molar-refractivity contribution is 5.96. The number of hydrogen-bond acceptors (Lipinski definition) is 4. The van der Waals surface area contributed by atoms with Gasteiger partial charge >= 0.3 is 5.69 Å². The van der Waals surface area contributed by atoms with Crippen LogP contribution in [0.2, 0.25) is 0 Å². The van der Waals surface area contributed by atoms with Crippen LogP contribution in [0.25, 0.3) is 5.69 Å². The van der Waals surface area contributed by atoms with Crippen LogP contribution >= 0.6 is 0 Å². The van der Waals surface area contributed by atoms with Crippen molar-refractivity contribution in [3.63, 3.8) is 0 Å². The van der Waals surface area contributed by atoms with Gasteiger partial charge in [-0.15, -0.1) is 0 Å². The topological polar surface area (TPSA) is 106 Å². The quantitative estimate of drug-likeness (QED) is 0.537. The van der Waals surface area contributed by atoms with Crippen LogP contribution in [0, 0.1) is 5.92 Å². The molecule has 0 spiro atoms. The summed E-state index contributed by atoms with van der Waals surface area (Å²) in [5.41, 5.74) is 6.93. The molecule has 2 heterocycles. The van der Waals surface area contributed by atoms with Gasteiger partial charge in [-0.2, -0.15) is 0 Å². The molecule has 0 aliphatic heterocycles. The van der Waals surface area contributed by atoms with Crippen LogP contribution in [0.4, 0.5) is 11.5 Å². The van der Waals surface area contributed by atoms with Crippen molar-refractivity contribution in [1.29, 1.82) is 0 Å². The molecular formula is C24H31N5O3. The molecule has 1 amide bonds. The van der Waals surface area contributed by atoms with E-state index in [0.29, 0.717) is 13.1 Å². The first kappa shape index (κ1) is 23.1. The number of nitrogens with one attached hydrogen (secondary N) is 1. The third-order valence-electron chi connectivity index (χ3n) is 5.26. The van der Waals surface area contributed by atoms with E-state index in [1.807, 2.05) is 74.1 Å². The standard InChI is InChI=1S/C24H31N5O3/c1-4-5-14-28-22(25)21(23(31)26-24(28)32)29(16-17(2)3)20(30)15-18-8-10-19(11-9-18)27-12-6-7-13-27/h6-13,17H,4-5,14-16,25H2,1-3H3,(H,26,31,32). The van der Waals surface area contributed by atoms with Crippen LogP contribution in [0.3, 0.4) is 0 Å². The molecule has 0 saturated carbocycles. The third kappa shape index (κ3) is 5.19. The number of carbonyl (C=O) groups is 1. The second-order valence-electron chi connectivity index (χ2n) is 8.33. The number of aromatic amines is 1. The molecule has 1 aromatic carbocycles. The second-order valence-corrected chi connectivity index (χ2v) is 8.33. The van der Waals surface area contributed by atoms with Crippen LogP contribution in [0.15, 0.2) is 58.4 Å². The summed E-state index contributed by atoms with van der Waals surface area (Å²) >= 11 is 0. The van der Waals surface area contributed by atoms with E-state index in [1.165, 1.54) is 9.47 Å². The predicted molar refractivity (Wildman–Crippen MR) is 127 cm³/mol. The van der Waals surface area contributed by atoms with Gasteiger partial charge in [-0.1, -0.05) is 39.3 Å². The van der Waals surface area contributed by atoms with Crippen molar-refractivity contribution >= 4 is 17.4 Å². The number of carbonyl (C=O) groups excluding carboxylic acids is 1. The van der Waals surface area contributed by atoms with E-state index in [4.69, 9.17) is 5.73 Å². The highest BCUT2D eigenvalue weighted by atomic mass is 16.2. The van der Waals surface area contributed by atoms with Gasteiger partial charge in [-0.05, 0) is 42.2 Å². The molecule has 0 fully saturated rings. The molecule has 0 atom stereocenters. The zero-order chi connectivity index (χ0) is 23.3. The number of anilines is 2. The monoisotopic (exact) mass is 437 g/mol. The smallest absolute Gasteiger partial charge is 0.330 e. The summed E-state index contributed by atoms with van der Waals surface area (Å²) in [6.07, 6.45) is 5.63. The van der Waals surface area contributed by atoms with Gasteiger partial charge in [0.15, 0.2) is 5.69 Å². The van der Waals surface area contributed by atoms with Crippen molar-refractivity contribution in [1.82, 2.24) is 14.1 Å². The Bertz CT molecular complexity index is 1160. The van der Waals surface area contributed by atoms with Gasteiger partial charge in [0, 0.05) is 31.2 Å².